The van der Waals surface area contributed by atoms with Gasteiger partial charge in [0.2, 0.25) is 11.7 Å². The largest absolute Gasteiger partial charge is 0.339 e. The van der Waals surface area contributed by atoms with Crippen LogP contribution in [0.2, 0.25) is 0 Å². The van der Waals surface area contributed by atoms with Crippen LogP contribution >= 0.6 is 0 Å². The molecular formula is C16H22N4O. The predicted octanol–water partition coefficient (Wildman–Crippen LogP) is 2.76. The van der Waals surface area contributed by atoms with E-state index in [9.17, 15) is 0 Å². The summed E-state index contributed by atoms with van der Waals surface area (Å²) in [6.45, 7) is 2.03. The molecule has 1 N–H and O–H groups in total. The van der Waals surface area contributed by atoms with Crippen molar-refractivity contribution in [1.82, 2.24) is 20.4 Å². The highest BCUT2D eigenvalue weighted by molar-refractivity contribution is 5.48. The fourth-order valence-corrected chi connectivity index (χ4v) is 3.16. The summed E-state index contributed by atoms with van der Waals surface area (Å²) in [5.41, 5.74) is 1.92. The van der Waals surface area contributed by atoms with Crippen LogP contribution in [0, 0.1) is 12.8 Å². The lowest BCUT2D eigenvalue weighted by molar-refractivity contribution is 0.248. The summed E-state index contributed by atoms with van der Waals surface area (Å²) in [6.07, 6.45) is 7.70. The first-order valence-electron chi connectivity index (χ1n) is 7.69. The molecule has 0 aromatic carbocycles. The van der Waals surface area contributed by atoms with Gasteiger partial charge in [-0.25, -0.2) is 0 Å². The lowest BCUT2D eigenvalue weighted by Crippen LogP contribution is -2.37. The van der Waals surface area contributed by atoms with Gasteiger partial charge >= 0.3 is 0 Å². The fourth-order valence-electron chi connectivity index (χ4n) is 3.16. The zero-order valence-electron chi connectivity index (χ0n) is 12.7. The molecule has 5 heteroatoms. The van der Waals surface area contributed by atoms with E-state index in [1.165, 1.54) is 25.7 Å². The Hall–Kier alpha value is -1.75. The summed E-state index contributed by atoms with van der Waals surface area (Å²) >= 11 is 0. The van der Waals surface area contributed by atoms with Gasteiger partial charge in [-0.1, -0.05) is 18.0 Å². The average Bonchev–Trinajstić information content (AvgIpc) is 2.96. The maximum absolute atomic E-state index is 5.43. The van der Waals surface area contributed by atoms with Gasteiger partial charge in [-0.05, 0) is 50.4 Å². The van der Waals surface area contributed by atoms with E-state index in [4.69, 9.17) is 4.52 Å². The van der Waals surface area contributed by atoms with E-state index in [1.54, 1.807) is 6.20 Å². The average molecular weight is 286 g/mol. The highest BCUT2D eigenvalue weighted by Crippen LogP contribution is 2.27. The minimum absolute atomic E-state index is 0.561. The third-order valence-corrected chi connectivity index (χ3v) is 4.33. The minimum Gasteiger partial charge on any atom is -0.339 e. The second kappa shape index (κ2) is 6.35. The van der Waals surface area contributed by atoms with E-state index < -0.39 is 0 Å². The maximum atomic E-state index is 5.43. The van der Waals surface area contributed by atoms with E-state index in [-0.39, 0.29) is 0 Å². The first kappa shape index (κ1) is 14.2. The standard InChI is InChI=1S/C16H22N4O/c1-11-7-8-18-14(9-11)16-19-15(21-20-16)10-12-5-3-4-6-13(12)17-2/h7-9,12-13,17H,3-6,10H2,1-2H3. The Morgan fingerprint density at radius 3 is 3.00 bits per heavy atom. The summed E-state index contributed by atoms with van der Waals surface area (Å²) in [7, 11) is 2.04. The second-order valence-corrected chi connectivity index (χ2v) is 5.87. The molecule has 112 valence electrons. The summed E-state index contributed by atoms with van der Waals surface area (Å²) in [5, 5.41) is 7.49. The monoisotopic (exact) mass is 286 g/mol. The van der Waals surface area contributed by atoms with Gasteiger partial charge in [-0.15, -0.1) is 0 Å². The maximum Gasteiger partial charge on any atom is 0.227 e. The normalized spacial score (nSPS) is 22.4. The summed E-state index contributed by atoms with van der Waals surface area (Å²) in [4.78, 5) is 8.82. The first-order valence-corrected chi connectivity index (χ1v) is 7.69. The number of nitrogens with zero attached hydrogens (tertiary/aromatic N) is 3. The Labute approximate surface area is 125 Å². The van der Waals surface area contributed by atoms with Gasteiger partial charge < -0.3 is 9.84 Å². The van der Waals surface area contributed by atoms with Crippen LogP contribution in [0.15, 0.2) is 22.9 Å². The van der Waals surface area contributed by atoms with Crippen molar-refractivity contribution in [3.63, 3.8) is 0 Å². The van der Waals surface area contributed by atoms with Crippen molar-refractivity contribution in [3.05, 3.63) is 29.8 Å². The molecule has 2 aromatic rings. The molecule has 2 unspecified atom stereocenters. The van der Waals surface area contributed by atoms with Gasteiger partial charge in [0.1, 0.15) is 5.69 Å². The number of hydrogen-bond donors (Lipinski definition) is 1. The number of rotatable bonds is 4. The second-order valence-electron chi connectivity index (χ2n) is 5.87. The first-order chi connectivity index (χ1) is 10.3. The van der Waals surface area contributed by atoms with Crippen LogP contribution in [0.4, 0.5) is 0 Å². The fraction of sp³-hybridized carbons (Fsp3) is 0.562. The lowest BCUT2D eigenvalue weighted by Gasteiger charge is -2.30. The van der Waals surface area contributed by atoms with Crippen molar-refractivity contribution < 1.29 is 4.52 Å². The zero-order valence-corrected chi connectivity index (χ0v) is 12.7. The molecule has 1 fully saturated rings. The van der Waals surface area contributed by atoms with E-state index in [1.807, 2.05) is 26.1 Å². The van der Waals surface area contributed by atoms with Gasteiger partial charge in [0.05, 0.1) is 0 Å². The van der Waals surface area contributed by atoms with Crippen LogP contribution < -0.4 is 5.32 Å². The SMILES string of the molecule is CNC1CCCCC1Cc1nc(-c2cc(C)ccn2)no1. The van der Waals surface area contributed by atoms with E-state index in [0.29, 0.717) is 17.8 Å². The van der Waals surface area contributed by atoms with Crippen molar-refractivity contribution in [2.75, 3.05) is 7.05 Å². The minimum atomic E-state index is 0.561. The smallest absolute Gasteiger partial charge is 0.227 e. The van der Waals surface area contributed by atoms with Gasteiger partial charge in [0.25, 0.3) is 0 Å². The van der Waals surface area contributed by atoms with Crippen LogP contribution in [-0.4, -0.2) is 28.2 Å². The van der Waals surface area contributed by atoms with Gasteiger partial charge in [0.15, 0.2) is 0 Å². The molecule has 0 aliphatic heterocycles. The molecule has 1 saturated carbocycles. The summed E-state index contributed by atoms with van der Waals surface area (Å²) < 4.78 is 5.43. The summed E-state index contributed by atoms with van der Waals surface area (Å²) in [5.74, 6) is 1.90. The van der Waals surface area contributed by atoms with Crippen molar-refractivity contribution in [1.29, 1.82) is 0 Å². The third-order valence-electron chi connectivity index (χ3n) is 4.33. The molecule has 2 heterocycles. The molecule has 0 radical (unpaired) electrons. The van der Waals surface area contributed by atoms with Crippen LogP contribution in [0.3, 0.4) is 0 Å². The van der Waals surface area contributed by atoms with Gasteiger partial charge in [-0.2, -0.15) is 4.98 Å². The highest BCUT2D eigenvalue weighted by atomic mass is 16.5. The molecule has 2 aromatic heterocycles. The lowest BCUT2D eigenvalue weighted by atomic mass is 9.82. The van der Waals surface area contributed by atoms with Crippen LogP contribution in [0.5, 0.6) is 0 Å². The quantitative estimate of drug-likeness (QED) is 0.936. The molecule has 0 bridgehead atoms. The molecule has 5 nitrogen and oxygen atoms in total. The number of aromatic nitrogens is 3. The number of aryl methyl sites for hydroxylation is 1. The predicted molar refractivity (Wildman–Crippen MR) is 80.8 cm³/mol. The van der Waals surface area contributed by atoms with Crippen molar-refractivity contribution in [2.24, 2.45) is 5.92 Å². The van der Waals surface area contributed by atoms with Crippen molar-refractivity contribution in [3.8, 4) is 11.5 Å². The van der Waals surface area contributed by atoms with E-state index >= 15 is 0 Å². The molecule has 1 aliphatic carbocycles. The molecule has 1 aliphatic rings. The Balaban J connectivity index is 1.73. The molecule has 3 rings (SSSR count). The van der Waals surface area contributed by atoms with E-state index in [0.717, 1.165) is 23.6 Å². The Kier molecular flexibility index (Phi) is 4.29. The zero-order chi connectivity index (χ0) is 14.7. The topological polar surface area (TPSA) is 63.8 Å². The number of hydrogen-bond acceptors (Lipinski definition) is 5. The Morgan fingerprint density at radius 2 is 2.19 bits per heavy atom. The summed E-state index contributed by atoms with van der Waals surface area (Å²) in [6, 6.07) is 4.50. The van der Waals surface area contributed by atoms with Crippen LogP contribution in [-0.2, 0) is 6.42 Å². The number of pyridine rings is 1. The van der Waals surface area contributed by atoms with Crippen molar-refractivity contribution >= 4 is 0 Å². The van der Waals surface area contributed by atoms with Crippen LogP contribution in [0.25, 0.3) is 11.5 Å². The molecule has 21 heavy (non-hydrogen) atoms. The van der Waals surface area contributed by atoms with E-state index in [2.05, 4.69) is 20.4 Å². The third kappa shape index (κ3) is 3.29. The van der Waals surface area contributed by atoms with Gasteiger partial charge in [0, 0.05) is 18.7 Å². The molecule has 0 spiro atoms. The van der Waals surface area contributed by atoms with Crippen LogP contribution in [0.1, 0.15) is 37.1 Å². The molecule has 2 atom stereocenters. The van der Waals surface area contributed by atoms with Crippen molar-refractivity contribution in [2.45, 2.75) is 45.1 Å². The Bertz CT molecular complexity index is 595. The molecular weight excluding hydrogens is 264 g/mol. The Morgan fingerprint density at radius 1 is 1.33 bits per heavy atom. The molecule has 0 saturated heterocycles. The van der Waals surface area contributed by atoms with Gasteiger partial charge in [-0.3, -0.25) is 4.98 Å². The molecule has 0 amide bonds. The highest BCUT2D eigenvalue weighted by Gasteiger charge is 2.26. The number of nitrogens with one attached hydrogen (secondary N) is 1.